The lowest BCUT2D eigenvalue weighted by atomic mass is 9.98. The Hall–Kier alpha value is -0.0400. The third kappa shape index (κ3) is 1.48. The summed E-state index contributed by atoms with van der Waals surface area (Å²) in [5.74, 6) is 0. The summed E-state index contributed by atoms with van der Waals surface area (Å²) in [5.41, 5.74) is 0. The quantitative estimate of drug-likeness (QED) is 0.492. The Morgan fingerprint density at radius 1 is 1.71 bits per heavy atom. The van der Waals surface area contributed by atoms with E-state index in [9.17, 15) is 5.11 Å². The van der Waals surface area contributed by atoms with E-state index >= 15 is 0 Å². The van der Waals surface area contributed by atoms with Crippen LogP contribution in [0.25, 0.3) is 0 Å². The van der Waals surface area contributed by atoms with Gasteiger partial charge in [-0.3, -0.25) is 0 Å². The largest absolute Gasteiger partial charge is 0.393 e. The molecule has 0 aromatic heterocycles. The van der Waals surface area contributed by atoms with E-state index in [0.717, 1.165) is 0 Å². The highest BCUT2D eigenvalue weighted by molar-refractivity contribution is 4.61. The average molecular weight is 105 g/mol. The fraction of sp³-hybridized carbons (Fsp3) is 1.00. The molecule has 0 saturated heterocycles. The summed E-state index contributed by atoms with van der Waals surface area (Å²) in [6, 6.07) is 0. The SMILES string of the molecule is [2H]C1CCC(O)C([2H])([2H])C1([2H])[2H]. The van der Waals surface area contributed by atoms with Crippen molar-refractivity contribution in [3.8, 4) is 0 Å². The van der Waals surface area contributed by atoms with Crippen LogP contribution in [0, 0.1) is 0 Å². The van der Waals surface area contributed by atoms with Crippen molar-refractivity contribution in [2.45, 2.75) is 38.1 Å². The zero-order chi connectivity index (χ0) is 9.57. The molecule has 0 aromatic rings. The first-order valence-electron chi connectivity index (χ1n) is 4.98. The Morgan fingerprint density at radius 3 is 3.29 bits per heavy atom. The summed E-state index contributed by atoms with van der Waals surface area (Å²) in [7, 11) is 0. The topological polar surface area (TPSA) is 20.2 Å². The molecule has 1 aliphatic rings. The summed E-state index contributed by atoms with van der Waals surface area (Å²) in [5, 5.41) is 9.19. The standard InChI is InChI=1S/C6H12O/c7-6-4-2-1-3-5-6/h6-7H,1-5H2/i1D,2D2,4D2. The number of aliphatic hydroxyl groups is 1. The van der Waals surface area contributed by atoms with Gasteiger partial charge in [-0.2, -0.15) is 0 Å². The van der Waals surface area contributed by atoms with E-state index in [1.807, 2.05) is 0 Å². The van der Waals surface area contributed by atoms with Crippen LogP contribution in [0.2, 0.25) is 0 Å². The maximum Gasteiger partial charge on any atom is 0.0540 e. The molecule has 0 bridgehead atoms. The molecular weight excluding hydrogens is 88.1 g/mol. The summed E-state index contributed by atoms with van der Waals surface area (Å²) in [4.78, 5) is 0. The molecule has 1 fully saturated rings. The first-order chi connectivity index (χ1) is 5.30. The van der Waals surface area contributed by atoms with E-state index in [-0.39, 0.29) is 12.8 Å². The van der Waals surface area contributed by atoms with Crippen molar-refractivity contribution < 1.29 is 12.0 Å². The maximum absolute atomic E-state index is 9.19. The van der Waals surface area contributed by atoms with Gasteiger partial charge in [-0.05, 0) is 12.8 Å². The smallest absolute Gasteiger partial charge is 0.0540 e. The van der Waals surface area contributed by atoms with Gasteiger partial charge < -0.3 is 5.11 Å². The third-order valence-corrected chi connectivity index (χ3v) is 0.936. The molecule has 0 aromatic carbocycles. The molecular formula is C6H12O. The lowest BCUT2D eigenvalue weighted by Crippen LogP contribution is -2.09. The zero-order valence-corrected chi connectivity index (χ0v) is 4.02. The predicted molar refractivity (Wildman–Crippen MR) is 29.1 cm³/mol. The van der Waals surface area contributed by atoms with E-state index in [2.05, 4.69) is 0 Å². The lowest BCUT2D eigenvalue weighted by molar-refractivity contribution is 0.130. The minimum absolute atomic E-state index is 0.167. The molecule has 1 N–H and O–H groups in total. The van der Waals surface area contributed by atoms with Crippen LogP contribution >= 0.6 is 0 Å². The first kappa shape index (κ1) is 1.73. The van der Waals surface area contributed by atoms with Gasteiger partial charge >= 0.3 is 0 Å². The highest BCUT2D eigenvalue weighted by Crippen LogP contribution is 2.16. The van der Waals surface area contributed by atoms with Gasteiger partial charge in [0.15, 0.2) is 0 Å². The van der Waals surface area contributed by atoms with Gasteiger partial charge in [0.2, 0.25) is 0 Å². The fourth-order valence-corrected chi connectivity index (χ4v) is 0.541. The number of hydrogen-bond donors (Lipinski definition) is 1. The van der Waals surface area contributed by atoms with Crippen LogP contribution in [-0.2, 0) is 0 Å². The minimum Gasteiger partial charge on any atom is -0.393 e. The Morgan fingerprint density at radius 2 is 2.57 bits per heavy atom. The Labute approximate surface area is 51.4 Å². The Kier molecular flexibility index (Phi) is 0.571. The predicted octanol–water partition coefficient (Wildman–Crippen LogP) is 1.31. The van der Waals surface area contributed by atoms with Crippen LogP contribution in [-0.4, -0.2) is 11.2 Å². The molecule has 0 radical (unpaired) electrons. The number of aliphatic hydroxyl groups excluding tert-OH is 1. The van der Waals surface area contributed by atoms with Crippen molar-refractivity contribution in [2.75, 3.05) is 0 Å². The minimum atomic E-state index is -2.29. The normalized spacial score (nSPS) is 68.4. The van der Waals surface area contributed by atoms with Gasteiger partial charge in [0.05, 0.1) is 6.10 Å². The highest BCUT2D eigenvalue weighted by atomic mass is 16.3. The van der Waals surface area contributed by atoms with Crippen molar-refractivity contribution in [1.29, 1.82) is 0 Å². The molecule has 42 valence electrons. The number of rotatable bonds is 0. The van der Waals surface area contributed by atoms with Crippen molar-refractivity contribution in [3.05, 3.63) is 0 Å². The lowest BCUT2D eigenvalue weighted by Gasteiger charge is -2.14. The third-order valence-electron chi connectivity index (χ3n) is 0.936. The molecule has 0 spiro atoms. The molecule has 1 aliphatic carbocycles. The Balaban J connectivity index is 2.92. The van der Waals surface area contributed by atoms with Crippen LogP contribution in [0.4, 0.5) is 0 Å². The summed E-state index contributed by atoms with van der Waals surface area (Å²) < 4.78 is 36.5. The van der Waals surface area contributed by atoms with Crippen LogP contribution in [0.3, 0.4) is 0 Å². The second-order valence-corrected chi connectivity index (χ2v) is 1.59. The van der Waals surface area contributed by atoms with Gasteiger partial charge in [0, 0.05) is 6.85 Å². The maximum atomic E-state index is 9.19. The molecule has 2 atom stereocenters. The van der Waals surface area contributed by atoms with E-state index < -0.39 is 25.2 Å². The van der Waals surface area contributed by atoms with Gasteiger partial charge in [-0.1, -0.05) is 19.2 Å². The van der Waals surface area contributed by atoms with Crippen molar-refractivity contribution in [2.24, 2.45) is 0 Å². The zero-order valence-electron chi connectivity index (χ0n) is 9.02. The molecule has 1 nitrogen and oxygen atoms in total. The van der Waals surface area contributed by atoms with Gasteiger partial charge in [0.25, 0.3) is 0 Å². The van der Waals surface area contributed by atoms with Crippen molar-refractivity contribution in [1.82, 2.24) is 0 Å². The molecule has 1 rings (SSSR count). The summed E-state index contributed by atoms with van der Waals surface area (Å²) in [6.45, 7) is 0. The Bertz CT molecular complexity index is 161. The van der Waals surface area contributed by atoms with Crippen molar-refractivity contribution >= 4 is 0 Å². The van der Waals surface area contributed by atoms with Gasteiger partial charge in [0.1, 0.15) is 0 Å². The molecule has 2 unspecified atom stereocenters. The molecule has 0 aliphatic heterocycles. The van der Waals surface area contributed by atoms with E-state index in [1.54, 1.807) is 0 Å². The molecule has 0 heterocycles. The van der Waals surface area contributed by atoms with Crippen LogP contribution < -0.4 is 0 Å². The van der Waals surface area contributed by atoms with Crippen LogP contribution in [0.15, 0.2) is 0 Å². The second-order valence-electron chi connectivity index (χ2n) is 1.59. The molecule has 7 heavy (non-hydrogen) atoms. The van der Waals surface area contributed by atoms with E-state index in [4.69, 9.17) is 6.85 Å². The molecule has 1 saturated carbocycles. The molecule has 1 heteroatoms. The van der Waals surface area contributed by atoms with Crippen molar-refractivity contribution in [3.63, 3.8) is 0 Å². The summed E-state index contributed by atoms with van der Waals surface area (Å²) in [6.07, 6.45) is -6.51. The monoisotopic (exact) mass is 105 g/mol. The van der Waals surface area contributed by atoms with E-state index in [0.29, 0.717) is 0 Å². The average Bonchev–Trinajstić information content (AvgIpc) is 1.96. The van der Waals surface area contributed by atoms with Crippen LogP contribution in [0.1, 0.15) is 38.8 Å². The van der Waals surface area contributed by atoms with Gasteiger partial charge in [-0.15, -0.1) is 0 Å². The van der Waals surface area contributed by atoms with E-state index in [1.165, 1.54) is 0 Å². The first-order valence-corrected chi connectivity index (χ1v) is 2.40. The molecule has 0 amide bonds. The van der Waals surface area contributed by atoms with Gasteiger partial charge in [-0.25, -0.2) is 0 Å². The fourth-order valence-electron chi connectivity index (χ4n) is 0.541. The highest BCUT2D eigenvalue weighted by Gasteiger charge is 2.07. The van der Waals surface area contributed by atoms with Crippen LogP contribution in [0.5, 0.6) is 0 Å². The second kappa shape index (κ2) is 2.31. The number of hydrogen-bond acceptors (Lipinski definition) is 1. The summed E-state index contributed by atoms with van der Waals surface area (Å²) >= 11 is 0.